The number of hydrogen-bond acceptors (Lipinski definition) is 2. The first-order valence-electron chi connectivity index (χ1n) is 6.52. The number of hydrogen-bond donors (Lipinski definition) is 1. The van der Waals surface area contributed by atoms with Crippen LogP contribution in [0, 0.1) is 0 Å². The van der Waals surface area contributed by atoms with E-state index in [1.54, 1.807) is 0 Å². The van der Waals surface area contributed by atoms with E-state index < -0.39 is 0 Å². The second kappa shape index (κ2) is 5.24. The zero-order valence-corrected chi connectivity index (χ0v) is 10.7. The molecule has 0 spiro atoms. The molecular weight excluding hydrogens is 234 g/mol. The molecule has 96 valence electrons. The van der Waals surface area contributed by atoms with E-state index in [0.29, 0.717) is 0 Å². The highest BCUT2D eigenvalue weighted by Crippen LogP contribution is 2.13. The summed E-state index contributed by atoms with van der Waals surface area (Å²) in [6, 6.07) is 18.6. The van der Waals surface area contributed by atoms with Crippen LogP contribution < -0.4 is 5.73 Å². The molecule has 1 aromatic heterocycles. The Labute approximate surface area is 112 Å². The molecule has 0 bridgehead atoms. The summed E-state index contributed by atoms with van der Waals surface area (Å²) in [5.41, 5.74) is 9.68. The van der Waals surface area contributed by atoms with Gasteiger partial charge in [-0.05, 0) is 24.1 Å². The monoisotopic (exact) mass is 251 g/mol. The van der Waals surface area contributed by atoms with E-state index >= 15 is 0 Å². The molecule has 0 fully saturated rings. The predicted octanol–water partition coefficient (Wildman–Crippen LogP) is 2.61. The largest absolute Gasteiger partial charge is 0.329 e. The summed E-state index contributed by atoms with van der Waals surface area (Å²) < 4.78 is 2.13. The molecule has 3 nitrogen and oxygen atoms in total. The van der Waals surface area contributed by atoms with Crippen LogP contribution in [0.5, 0.6) is 0 Å². The molecule has 0 aliphatic carbocycles. The first-order valence-corrected chi connectivity index (χ1v) is 6.52. The minimum Gasteiger partial charge on any atom is -0.329 e. The fourth-order valence-electron chi connectivity index (χ4n) is 2.39. The summed E-state index contributed by atoms with van der Waals surface area (Å²) in [5.74, 6) is 0. The molecular formula is C16H17N3. The van der Waals surface area contributed by atoms with Gasteiger partial charge in [-0.2, -0.15) is 0 Å². The van der Waals surface area contributed by atoms with Crippen molar-refractivity contribution in [1.82, 2.24) is 9.55 Å². The summed E-state index contributed by atoms with van der Waals surface area (Å²) in [7, 11) is 0. The third-order valence-corrected chi connectivity index (χ3v) is 3.30. The number of benzene rings is 2. The van der Waals surface area contributed by atoms with Gasteiger partial charge in [0.25, 0.3) is 0 Å². The van der Waals surface area contributed by atoms with Gasteiger partial charge in [-0.1, -0.05) is 42.5 Å². The Bertz CT molecular complexity index is 658. The van der Waals surface area contributed by atoms with Crippen molar-refractivity contribution >= 4 is 11.0 Å². The van der Waals surface area contributed by atoms with E-state index in [1.165, 1.54) is 5.56 Å². The molecule has 3 rings (SSSR count). The SMILES string of the molecule is NC(Cc1ccccc1)Cn1cnc2ccccc21. The van der Waals surface area contributed by atoms with Crippen LogP contribution in [-0.2, 0) is 13.0 Å². The maximum Gasteiger partial charge on any atom is 0.0958 e. The molecule has 2 aromatic carbocycles. The second-order valence-corrected chi connectivity index (χ2v) is 4.84. The molecule has 1 atom stereocenters. The molecule has 19 heavy (non-hydrogen) atoms. The maximum atomic E-state index is 6.24. The lowest BCUT2D eigenvalue weighted by atomic mass is 10.1. The third-order valence-electron chi connectivity index (χ3n) is 3.30. The van der Waals surface area contributed by atoms with Gasteiger partial charge in [0.2, 0.25) is 0 Å². The summed E-state index contributed by atoms with van der Waals surface area (Å²) in [4.78, 5) is 4.39. The number of rotatable bonds is 4. The van der Waals surface area contributed by atoms with Crippen molar-refractivity contribution in [2.24, 2.45) is 5.73 Å². The first-order chi connectivity index (χ1) is 9.33. The molecule has 0 saturated carbocycles. The van der Waals surface area contributed by atoms with Crippen LogP contribution in [-0.4, -0.2) is 15.6 Å². The zero-order chi connectivity index (χ0) is 13.1. The Balaban J connectivity index is 1.74. The fourth-order valence-corrected chi connectivity index (χ4v) is 2.39. The van der Waals surface area contributed by atoms with Gasteiger partial charge >= 0.3 is 0 Å². The normalized spacial score (nSPS) is 12.7. The third kappa shape index (κ3) is 2.66. The topological polar surface area (TPSA) is 43.8 Å². The molecule has 2 N–H and O–H groups in total. The Morgan fingerprint density at radius 2 is 1.74 bits per heavy atom. The highest BCUT2D eigenvalue weighted by Gasteiger charge is 2.07. The molecule has 0 radical (unpaired) electrons. The van der Waals surface area contributed by atoms with Gasteiger partial charge in [-0.25, -0.2) is 4.98 Å². The lowest BCUT2D eigenvalue weighted by Gasteiger charge is -2.13. The number of fused-ring (bicyclic) bond motifs is 1. The van der Waals surface area contributed by atoms with Crippen molar-refractivity contribution < 1.29 is 0 Å². The van der Waals surface area contributed by atoms with Crippen molar-refractivity contribution in [3.63, 3.8) is 0 Å². The van der Waals surface area contributed by atoms with Gasteiger partial charge in [-0.3, -0.25) is 0 Å². The van der Waals surface area contributed by atoms with Crippen LogP contribution in [0.2, 0.25) is 0 Å². The van der Waals surface area contributed by atoms with Crippen molar-refractivity contribution in [3.8, 4) is 0 Å². The Morgan fingerprint density at radius 3 is 2.58 bits per heavy atom. The van der Waals surface area contributed by atoms with Crippen LogP contribution in [0.25, 0.3) is 11.0 Å². The molecule has 1 heterocycles. The Hall–Kier alpha value is -2.13. The summed E-state index contributed by atoms with van der Waals surface area (Å²) in [6.45, 7) is 0.787. The van der Waals surface area contributed by atoms with Crippen LogP contribution in [0.4, 0.5) is 0 Å². The van der Waals surface area contributed by atoms with Crippen LogP contribution in [0.3, 0.4) is 0 Å². The molecule has 0 saturated heterocycles. The van der Waals surface area contributed by atoms with Crippen molar-refractivity contribution in [2.75, 3.05) is 0 Å². The number of para-hydroxylation sites is 2. The fraction of sp³-hybridized carbons (Fsp3) is 0.188. The smallest absolute Gasteiger partial charge is 0.0958 e. The number of aromatic nitrogens is 2. The van der Waals surface area contributed by atoms with Gasteiger partial charge in [-0.15, -0.1) is 0 Å². The second-order valence-electron chi connectivity index (χ2n) is 4.84. The van der Waals surface area contributed by atoms with Crippen LogP contribution in [0.1, 0.15) is 5.56 Å². The lowest BCUT2D eigenvalue weighted by molar-refractivity contribution is 0.559. The molecule has 3 aromatic rings. The highest BCUT2D eigenvalue weighted by molar-refractivity contribution is 5.74. The first kappa shape index (κ1) is 11.9. The molecule has 0 aliphatic heterocycles. The van der Waals surface area contributed by atoms with Gasteiger partial charge in [0, 0.05) is 12.6 Å². The zero-order valence-electron chi connectivity index (χ0n) is 10.7. The van der Waals surface area contributed by atoms with Gasteiger partial charge < -0.3 is 10.3 Å². The molecule has 1 unspecified atom stereocenters. The molecule has 0 amide bonds. The number of nitrogens with two attached hydrogens (primary N) is 1. The number of imidazole rings is 1. The minimum atomic E-state index is 0.0972. The molecule has 3 heteroatoms. The quantitative estimate of drug-likeness (QED) is 0.774. The van der Waals surface area contributed by atoms with Gasteiger partial charge in [0.15, 0.2) is 0 Å². The Morgan fingerprint density at radius 1 is 1.00 bits per heavy atom. The van der Waals surface area contributed by atoms with Gasteiger partial charge in [0.05, 0.1) is 17.4 Å². The number of nitrogens with zero attached hydrogens (tertiary/aromatic N) is 2. The average Bonchev–Trinajstić information content (AvgIpc) is 2.83. The predicted molar refractivity (Wildman–Crippen MR) is 77.9 cm³/mol. The summed E-state index contributed by atoms with van der Waals surface area (Å²) in [6.07, 6.45) is 2.75. The maximum absolute atomic E-state index is 6.24. The van der Waals surface area contributed by atoms with E-state index in [4.69, 9.17) is 5.73 Å². The van der Waals surface area contributed by atoms with Crippen molar-refractivity contribution in [3.05, 3.63) is 66.5 Å². The average molecular weight is 251 g/mol. The van der Waals surface area contributed by atoms with E-state index in [9.17, 15) is 0 Å². The summed E-state index contributed by atoms with van der Waals surface area (Å²) >= 11 is 0. The van der Waals surface area contributed by atoms with Crippen LogP contribution in [0.15, 0.2) is 60.9 Å². The minimum absolute atomic E-state index is 0.0972. The van der Waals surface area contributed by atoms with E-state index in [-0.39, 0.29) is 6.04 Å². The molecule has 0 aliphatic rings. The lowest BCUT2D eigenvalue weighted by Crippen LogP contribution is -2.28. The highest BCUT2D eigenvalue weighted by atomic mass is 15.1. The van der Waals surface area contributed by atoms with E-state index in [2.05, 4.69) is 39.9 Å². The van der Waals surface area contributed by atoms with Crippen molar-refractivity contribution in [2.45, 2.75) is 19.0 Å². The van der Waals surface area contributed by atoms with Gasteiger partial charge in [0.1, 0.15) is 0 Å². The standard InChI is InChI=1S/C16H17N3/c17-14(10-13-6-2-1-3-7-13)11-19-12-18-15-8-4-5-9-16(15)19/h1-9,12,14H,10-11,17H2. The van der Waals surface area contributed by atoms with Crippen LogP contribution >= 0.6 is 0 Å². The van der Waals surface area contributed by atoms with E-state index in [1.807, 2.05) is 30.6 Å². The van der Waals surface area contributed by atoms with Crippen molar-refractivity contribution in [1.29, 1.82) is 0 Å². The van der Waals surface area contributed by atoms with E-state index in [0.717, 1.165) is 24.0 Å². The summed E-state index contributed by atoms with van der Waals surface area (Å²) in [5, 5.41) is 0. The Kier molecular flexibility index (Phi) is 3.29.